The van der Waals surface area contributed by atoms with E-state index in [2.05, 4.69) is 17.1 Å². The number of para-hydroxylation sites is 2. The minimum absolute atomic E-state index is 0.122. The number of hydrogen-bond acceptors (Lipinski definition) is 6. The van der Waals surface area contributed by atoms with Crippen molar-refractivity contribution in [3.63, 3.8) is 0 Å². The number of carbonyl (C=O) groups is 3. The Morgan fingerprint density at radius 1 is 0.946 bits per heavy atom. The quantitative estimate of drug-likeness (QED) is 0.566. The van der Waals surface area contributed by atoms with Gasteiger partial charge in [-0.2, -0.15) is 0 Å². The van der Waals surface area contributed by atoms with Crippen LogP contribution >= 0.6 is 0 Å². The molecule has 0 aromatic heterocycles. The smallest absolute Gasteiger partial charge is 0.262 e. The minimum atomic E-state index is -0.389. The summed E-state index contributed by atoms with van der Waals surface area (Å²) in [5.41, 5.74) is 5.07. The molecule has 1 heterocycles. The van der Waals surface area contributed by atoms with Crippen molar-refractivity contribution in [1.82, 2.24) is 4.90 Å². The zero-order valence-electron chi connectivity index (χ0n) is 21.3. The van der Waals surface area contributed by atoms with Gasteiger partial charge in [0.05, 0.1) is 12.8 Å². The number of anilines is 1. The highest BCUT2D eigenvalue weighted by Crippen LogP contribution is 2.49. The van der Waals surface area contributed by atoms with Crippen molar-refractivity contribution < 1.29 is 23.9 Å². The summed E-state index contributed by atoms with van der Waals surface area (Å²) in [6, 6.07) is 14.6. The van der Waals surface area contributed by atoms with Gasteiger partial charge >= 0.3 is 0 Å². The van der Waals surface area contributed by atoms with E-state index in [1.165, 1.54) is 0 Å². The molecule has 0 unspecified atom stereocenters. The summed E-state index contributed by atoms with van der Waals surface area (Å²) in [5.74, 6) is 0.625. The Kier molecular flexibility index (Phi) is 7.12. The van der Waals surface area contributed by atoms with E-state index < -0.39 is 0 Å². The maximum absolute atomic E-state index is 13.3. The fraction of sp³-hybridized carbons (Fsp3) is 0.367. The van der Waals surface area contributed by atoms with Crippen LogP contribution in [0.4, 0.5) is 5.69 Å². The van der Waals surface area contributed by atoms with E-state index in [1.807, 2.05) is 30.3 Å². The Hall–Kier alpha value is -3.87. The number of ketones is 2. The van der Waals surface area contributed by atoms with E-state index >= 15 is 0 Å². The number of amides is 1. The lowest BCUT2D eigenvalue weighted by molar-refractivity contribution is -0.118. The Morgan fingerprint density at radius 3 is 2.27 bits per heavy atom. The van der Waals surface area contributed by atoms with Crippen LogP contribution in [0.1, 0.15) is 56.9 Å². The molecule has 0 saturated carbocycles. The van der Waals surface area contributed by atoms with Crippen molar-refractivity contribution >= 4 is 23.2 Å². The van der Waals surface area contributed by atoms with Gasteiger partial charge in [0, 0.05) is 47.8 Å². The number of ether oxygens (including phenoxy) is 2. The van der Waals surface area contributed by atoms with Gasteiger partial charge in [-0.1, -0.05) is 24.3 Å². The molecule has 192 valence electrons. The van der Waals surface area contributed by atoms with Gasteiger partial charge in [0.15, 0.2) is 18.2 Å². The number of benzene rings is 2. The summed E-state index contributed by atoms with van der Waals surface area (Å²) < 4.78 is 11.1. The maximum atomic E-state index is 13.3. The second kappa shape index (κ2) is 10.6. The first kappa shape index (κ1) is 24.8. The first-order chi connectivity index (χ1) is 18.0. The van der Waals surface area contributed by atoms with Gasteiger partial charge in [-0.05, 0) is 62.4 Å². The molecule has 37 heavy (non-hydrogen) atoms. The highest BCUT2D eigenvalue weighted by Gasteiger charge is 2.42. The third-order valence-electron chi connectivity index (χ3n) is 7.35. The first-order valence-electron chi connectivity index (χ1n) is 13.0. The highest BCUT2D eigenvalue weighted by molar-refractivity contribution is 6.06. The minimum Gasteiger partial charge on any atom is -0.495 e. The van der Waals surface area contributed by atoms with Crippen LogP contribution in [0.3, 0.4) is 0 Å². The lowest BCUT2D eigenvalue weighted by Crippen LogP contribution is -2.39. The molecule has 1 N–H and O–H groups in total. The second-order valence-corrected chi connectivity index (χ2v) is 9.56. The van der Waals surface area contributed by atoms with Crippen LogP contribution in [0.2, 0.25) is 0 Å². The van der Waals surface area contributed by atoms with Crippen molar-refractivity contribution in [2.45, 2.75) is 51.4 Å². The zero-order chi connectivity index (χ0) is 25.9. The standard InChI is InChI=1S/C30H32N2O5/c1-3-32-22-12-7-14-24(33)29(22)28(30-23(32)13-8-15-25(30)34)19-9-6-10-20(17-19)37-18-27(35)31-21-11-4-5-16-26(21)36-2/h4-6,9-11,16-17,28H,3,7-8,12-15,18H2,1-2H3,(H,31,35). The predicted molar refractivity (Wildman–Crippen MR) is 140 cm³/mol. The molecule has 1 amide bonds. The second-order valence-electron chi connectivity index (χ2n) is 9.56. The Morgan fingerprint density at radius 2 is 1.62 bits per heavy atom. The summed E-state index contributed by atoms with van der Waals surface area (Å²) in [6.45, 7) is 2.64. The van der Waals surface area contributed by atoms with Crippen LogP contribution in [0, 0.1) is 0 Å². The van der Waals surface area contributed by atoms with Crippen molar-refractivity contribution in [2.75, 3.05) is 25.6 Å². The lowest BCUT2D eigenvalue weighted by atomic mass is 9.71. The SMILES string of the molecule is CCN1C2=C(C(=O)CCC2)C(c2cccc(OCC(=O)Nc3ccccc3OC)c2)C2=C1CCCC2=O. The van der Waals surface area contributed by atoms with Crippen molar-refractivity contribution in [3.05, 3.63) is 76.6 Å². The van der Waals surface area contributed by atoms with Crippen LogP contribution in [0.25, 0.3) is 0 Å². The Bertz CT molecular complexity index is 1260. The molecule has 1 aliphatic heterocycles. The monoisotopic (exact) mass is 500 g/mol. The fourth-order valence-corrected chi connectivity index (χ4v) is 5.80. The molecule has 0 radical (unpaired) electrons. The Labute approximate surface area is 217 Å². The number of rotatable bonds is 7. The molecule has 0 atom stereocenters. The van der Waals surface area contributed by atoms with Crippen molar-refractivity contribution in [1.29, 1.82) is 0 Å². The Balaban J connectivity index is 1.43. The summed E-state index contributed by atoms with van der Waals surface area (Å²) in [6.07, 6.45) is 4.36. The number of carbonyl (C=O) groups excluding carboxylic acids is 3. The number of nitrogens with one attached hydrogen (secondary N) is 1. The molecule has 0 bridgehead atoms. The molecule has 7 nitrogen and oxygen atoms in total. The van der Waals surface area contributed by atoms with Crippen LogP contribution in [0.5, 0.6) is 11.5 Å². The molecule has 3 aliphatic rings. The zero-order valence-corrected chi connectivity index (χ0v) is 21.3. The van der Waals surface area contributed by atoms with Gasteiger partial charge in [-0.3, -0.25) is 14.4 Å². The van der Waals surface area contributed by atoms with Gasteiger partial charge in [0.25, 0.3) is 5.91 Å². The summed E-state index contributed by atoms with van der Waals surface area (Å²) in [4.78, 5) is 41.3. The third-order valence-corrected chi connectivity index (χ3v) is 7.35. The molecule has 0 spiro atoms. The maximum Gasteiger partial charge on any atom is 0.262 e. The van der Waals surface area contributed by atoms with E-state index in [9.17, 15) is 14.4 Å². The number of hydrogen-bond donors (Lipinski definition) is 1. The molecule has 0 fully saturated rings. The van der Waals surface area contributed by atoms with Gasteiger partial charge in [0.2, 0.25) is 0 Å². The summed E-state index contributed by atoms with van der Waals surface area (Å²) >= 11 is 0. The van der Waals surface area contributed by atoms with Gasteiger partial charge in [-0.25, -0.2) is 0 Å². The lowest BCUT2D eigenvalue weighted by Gasteiger charge is -2.43. The van der Waals surface area contributed by atoms with E-state index in [0.29, 0.717) is 30.0 Å². The van der Waals surface area contributed by atoms with Gasteiger partial charge in [0.1, 0.15) is 11.5 Å². The first-order valence-corrected chi connectivity index (χ1v) is 13.0. The third kappa shape index (κ3) is 4.78. The topological polar surface area (TPSA) is 84.9 Å². The molecular weight excluding hydrogens is 468 g/mol. The molecule has 5 rings (SSSR count). The van der Waals surface area contributed by atoms with Crippen molar-refractivity contribution in [3.8, 4) is 11.5 Å². The van der Waals surface area contributed by atoms with E-state index in [0.717, 1.165) is 60.3 Å². The largest absolute Gasteiger partial charge is 0.495 e. The van der Waals surface area contributed by atoms with Gasteiger partial charge in [-0.15, -0.1) is 0 Å². The van der Waals surface area contributed by atoms with Crippen molar-refractivity contribution in [2.24, 2.45) is 0 Å². The van der Waals surface area contributed by atoms with Crippen LogP contribution in [-0.4, -0.2) is 42.6 Å². The van der Waals surface area contributed by atoms with Crippen LogP contribution in [-0.2, 0) is 14.4 Å². The fourth-order valence-electron chi connectivity index (χ4n) is 5.80. The van der Waals surface area contributed by atoms with Gasteiger partial charge < -0.3 is 19.7 Å². The van der Waals surface area contributed by atoms with E-state index in [-0.39, 0.29) is 30.0 Å². The average molecular weight is 501 g/mol. The van der Waals surface area contributed by atoms with Crippen LogP contribution < -0.4 is 14.8 Å². The predicted octanol–water partition coefficient (Wildman–Crippen LogP) is 5.15. The van der Waals surface area contributed by atoms with E-state index in [1.54, 1.807) is 25.3 Å². The average Bonchev–Trinajstić information content (AvgIpc) is 2.91. The number of methoxy groups -OCH3 is 1. The number of allylic oxidation sites excluding steroid dienone is 4. The van der Waals surface area contributed by atoms with Crippen LogP contribution in [0.15, 0.2) is 71.1 Å². The molecule has 0 saturated heterocycles. The van der Waals surface area contributed by atoms with E-state index in [4.69, 9.17) is 9.47 Å². The summed E-state index contributed by atoms with van der Waals surface area (Å²) in [7, 11) is 1.55. The summed E-state index contributed by atoms with van der Waals surface area (Å²) in [5, 5.41) is 2.81. The molecule has 7 heteroatoms. The number of Topliss-reactive ketones (excluding diaryl/α,β-unsaturated/α-hetero) is 2. The highest BCUT2D eigenvalue weighted by atomic mass is 16.5. The molecular formula is C30H32N2O5. The normalized spacial score (nSPS) is 17.9. The molecule has 2 aromatic rings. The molecule has 2 aromatic carbocycles. The molecule has 2 aliphatic carbocycles. The number of nitrogens with zero attached hydrogens (tertiary/aromatic N) is 1.